The molecule has 0 unspecified atom stereocenters. The number of nitrogens with one attached hydrogen (secondary N) is 2. The van der Waals surface area contributed by atoms with E-state index in [9.17, 15) is 4.79 Å². The van der Waals surface area contributed by atoms with Crippen molar-refractivity contribution in [3.05, 3.63) is 40.9 Å². The van der Waals surface area contributed by atoms with Crippen LogP contribution in [0, 0.1) is 0 Å². The number of hydrogen-bond donors (Lipinski definition) is 2. The van der Waals surface area contributed by atoms with Gasteiger partial charge in [0.15, 0.2) is 5.82 Å². The van der Waals surface area contributed by atoms with E-state index >= 15 is 0 Å². The summed E-state index contributed by atoms with van der Waals surface area (Å²) in [5.41, 5.74) is 2.98. The zero-order chi connectivity index (χ0) is 24.8. The Labute approximate surface area is 206 Å². The minimum Gasteiger partial charge on any atom is -0.481 e. The predicted octanol–water partition coefficient (Wildman–Crippen LogP) is 3.62. The first-order chi connectivity index (χ1) is 17.0. The fourth-order valence-corrected chi connectivity index (χ4v) is 4.52. The Morgan fingerprint density at radius 1 is 1.17 bits per heavy atom. The number of hydrogen-bond acceptors (Lipinski definition) is 8. The Morgan fingerprint density at radius 3 is 2.63 bits per heavy atom. The Balaban J connectivity index is 1.66. The van der Waals surface area contributed by atoms with Gasteiger partial charge in [-0.15, -0.1) is 0 Å². The van der Waals surface area contributed by atoms with Crippen LogP contribution in [0.5, 0.6) is 5.88 Å². The van der Waals surface area contributed by atoms with E-state index in [0.29, 0.717) is 37.0 Å². The lowest BCUT2D eigenvalue weighted by Crippen LogP contribution is -2.45. The van der Waals surface area contributed by atoms with E-state index in [1.165, 1.54) is 0 Å². The van der Waals surface area contributed by atoms with Crippen LogP contribution >= 0.6 is 0 Å². The average Bonchev–Trinajstić information content (AvgIpc) is 2.89. The van der Waals surface area contributed by atoms with Crippen LogP contribution < -0.4 is 20.9 Å². The van der Waals surface area contributed by atoms with E-state index in [1.54, 1.807) is 30.1 Å². The highest BCUT2D eigenvalue weighted by molar-refractivity contribution is 5.80. The molecule has 3 aromatic heterocycles. The van der Waals surface area contributed by atoms with E-state index in [2.05, 4.69) is 34.4 Å². The first-order valence-electron chi connectivity index (χ1n) is 12.4. The number of aromatic nitrogens is 4. The summed E-state index contributed by atoms with van der Waals surface area (Å²) in [7, 11) is 3.60. The highest BCUT2D eigenvalue weighted by Gasteiger charge is 2.30. The van der Waals surface area contributed by atoms with Crippen LogP contribution in [0.2, 0.25) is 0 Å². The van der Waals surface area contributed by atoms with Crippen LogP contribution in [0.25, 0.3) is 22.3 Å². The van der Waals surface area contributed by atoms with Crippen molar-refractivity contribution in [2.24, 2.45) is 0 Å². The summed E-state index contributed by atoms with van der Waals surface area (Å²) in [4.78, 5) is 27.1. The van der Waals surface area contributed by atoms with Crippen molar-refractivity contribution < 1.29 is 9.47 Å². The molecule has 2 N–H and O–H groups in total. The third kappa shape index (κ3) is 5.79. The highest BCUT2D eigenvalue weighted by atomic mass is 16.5. The number of fused-ring (bicyclic) bond motifs is 1. The molecule has 35 heavy (non-hydrogen) atoms. The van der Waals surface area contributed by atoms with E-state index < -0.39 is 0 Å². The van der Waals surface area contributed by atoms with Crippen molar-refractivity contribution in [1.82, 2.24) is 24.8 Å². The van der Waals surface area contributed by atoms with E-state index in [1.807, 2.05) is 19.2 Å². The van der Waals surface area contributed by atoms with Gasteiger partial charge in [-0.2, -0.15) is 0 Å². The molecule has 0 bridgehead atoms. The van der Waals surface area contributed by atoms with Gasteiger partial charge in [0.1, 0.15) is 5.52 Å². The molecule has 0 radical (unpaired) electrons. The summed E-state index contributed by atoms with van der Waals surface area (Å²) in [5, 5.41) is 6.86. The summed E-state index contributed by atoms with van der Waals surface area (Å²) in [5.74, 6) is 0.918. The molecule has 1 saturated carbocycles. The summed E-state index contributed by atoms with van der Waals surface area (Å²) in [6.45, 7) is 5.89. The molecule has 1 aliphatic carbocycles. The summed E-state index contributed by atoms with van der Waals surface area (Å²) in [6.07, 6.45) is 8.44. The SMILES string of the molecule is CCCOCCn1c(=O)c(NC2CCC(C)(NC)CC2)nc2cnc(-c3ccc(OC)nc3)cc21. The van der Waals surface area contributed by atoms with Gasteiger partial charge in [-0.3, -0.25) is 9.78 Å². The van der Waals surface area contributed by atoms with E-state index in [-0.39, 0.29) is 17.1 Å². The topological polar surface area (TPSA) is 103 Å². The second kappa shape index (κ2) is 11.1. The summed E-state index contributed by atoms with van der Waals surface area (Å²) >= 11 is 0. The van der Waals surface area contributed by atoms with Crippen molar-refractivity contribution >= 4 is 16.9 Å². The summed E-state index contributed by atoms with van der Waals surface area (Å²) < 4.78 is 12.6. The van der Waals surface area contributed by atoms with Gasteiger partial charge in [-0.25, -0.2) is 9.97 Å². The molecule has 188 valence electrons. The quantitative estimate of drug-likeness (QED) is 0.424. The first-order valence-corrected chi connectivity index (χ1v) is 12.4. The maximum Gasteiger partial charge on any atom is 0.293 e. The monoisotopic (exact) mass is 480 g/mol. The van der Waals surface area contributed by atoms with Gasteiger partial charge >= 0.3 is 0 Å². The second-order valence-electron chi connectivity index (χ2n) is 9.41. The molecule has 3 aromatic rings. The Morgan fingerprint density at radius 2 is 1.97 bits per heavy atom. The molecule has 1 aliphatic rings. The fraction of sp³-hybridized carbons (Fsp3) is 0.538. The van der Waals surface area contributed by atoms with Gasteiger partial charge in [0.05, 0.1) is 31.1 Å². The van der Waals surface area contributed by atoms with Gasteiger partial charge in [-0.05, 0) is 58.2 Å². The lowest BCUT2D eigenvalue weighted by molar-refractivity contribution is 0.127. The molecule has 9 heteroatoms. The van der Waals surface area contributed by atoms with Crippen LogP contribution in [0.4, 0.5) is 5.82 Å². The lowest BCUT2D eigenvalue weighted by Gasteiger charge is -2.37. The molecule has 1 fully saturated rings. The number of nitrogens with zero attached hydrogens (tertiary/aromatic N) is 4. The molecular weight excluding hydrogens is 444 g/mol. The third-order valence-corrected chi connectivity index (χ3v) is 6.92. The second-order valence-corrected chi connectivity index (χ2v) is 9.41. The predicted molar refractivity (Wildman–Crippen MR) is 138 cm³/mol. The maximum absolute atomic E-state index is 13.6. The number of pyridine rings is 2. The normalized spacial score (nSPS) is 20.2. The van der Waals surface area contributed by atoms with Crippen LogP contribution in [-0.2, 0) is 11.3 Å². The standard InChI is InChI=1S/C26H36N6O3/c1-5-13-35-14-12-32-22-15-20(18-6-7-23(34-4)29-16-18)28-17-21(22)31-24(25(32)33)30-19-8-10-26(2,27-3)11-9-19/h6-7,15-17,19,27H,5,8-14H2,1-4H3,(H,30,31). The minimum atomic E-state index is -0.135. The molecule has 0 saturated heterocycles. The van der Waals surface area contributed by atoms with Crippen molar-refractivity contribution in [2.45, 2.75) is 64.1 Å². The van der Waals surface area contributed by atoms with Crippen LogP contribution in [0.3, 0.4) is 0 Å². The number of ether oxygens (including phenoxy) is 2. The van der Waals surface area contributed by atoms with Gasteiger partial charge in [-0.1, -0.05) is 6.92 Å². The van der Waals surface area contributed by atoms with Gasteiger partial charge in [0, 0.05) is 42.6 Å². The molecular formula is C26H36N6O3. The largest absolute Gasteiger partial charge is 0.481 e. The van der Waals surface area contributed by atoms with Gasteiger partial charge < -0.3 is 24.7 Å². The molecule has 3 heterocycles. The summed E-state index contributed by atoms with van der Waals surface area (Å²) in [6, 6.07) is 5.81. The fourth-order valence-electron chi connectivity index (χ4n) is 4.52. The first kappa shape index (κ1) is 25.1. The molecule has 9 nitrogen and oxygen atoms in total. The van der Waals surface area contributed by atoms with Crippen LogP contribution in [0.15, 0.2) is 35.4 Å². The number of rotatable bonds is 10. The van der Waals surface area contributed by atoms with Gasteiger partial charge in [0.2, 0.25) is 5.88 Å². The highest BCUT2D eigenvalue weighted by Crippen LogP contribution is 2.29. The molecule has 0 amide bonds. The minimum absolute atomic E-state index is 0.135. The van der Waals surface area contributed by atoms with E-state index in [4.69, 9.17) is 14.5 Å². The molecule has 0 atom stereocenters. The number of anilines is 1. The lowest BCUT2D eigenvalue weighted by atomic mass is 9.81. The zero-order valence-corrected chi connectivity index (χ0v) is 21.1. The zero-order valence-electron chi connectivity index (χ0n) is 21.1. The van der Waals surface area contributed by atoms with Gasteiger partial charge in [0.25, 0.3) is 5.56 Å². The average molecular weight is 481 g/mol. The van der Waals surface area contributed by atoms with E-state index in [0.717, 1.165) is 48.9 Å². The Hall–Kier alpha value is -3.04. The van der Waals surface area contributed by atoms with Crippen LogP contribution in [0.1, 0.15) is 46.0 Å². The van der Waals surface area contributed by atoms with Crippen LogP contribution in [-0.4, -0.2) is 58.5 Å². The number of methoxy groups -OCH3 is 1. The maximum atomic E-state index is 13.6. The van der Waals surface area contributed by atoms with Crippen molar-refractivity contribution in [3.8, 4) is 17.1 Å². The van der Waals surface area contributed by atoms with Crippen molar-refractivity contribution in [1.29, 1.82) is 0 Å². The molecule has 0 spiro atoms. The molecule has 4 rings (SSSR count). The Bertz CT molecular complexity index is 1190. The smallest absolute Gasteiger partial charge is 0.293 e. The Kier molecular flexibility index (Phi) is 7.97. The molecule has 0 aliphatic heterocycles. The van der Waals surface area contributed by atoms with Crippen molar-refractivity contribution in [3.63, 3.8) is 0 Å². The molecule has 0 aromatic carbocycles. The van der Waals surface area contributed by atoms with Crippen molar-refractivity contribution in [2.75, 3.05) is 32.7 Å². The third-order valence-electron chi connectivity index (χ3n) is 6.92.